The van der Waals surface area contributed by atoms with Crippen molar-refractivity contribution in [2.75, 3.05) is 5.32 Å². The van der Waals surface area contributed by atoms with E-state index in [9.17, 15) is 13.2 Å². The maximum Gasteiger partial charge on any atom is 0.433 e. The molecular formula is C14H9F3N4S. The van der Waals surface area contributed by atoms with E-state index in [0.29, 0.717) is 10.8 Å². The third-order valence-electron chi connectivity index (χ3n) is 2.77. The van der Waals surface area contributed by atoms with Gasteiger partial charge in [0.2, 0.25) is 0 Å². The van der Waals surface area contributed by atoms with Crippen LogP contribution in [0.2, 0.25) is 0 Å². The molecule has 0 radical (unpaired) electrons. The van der Waals surface area contributed by atoms with Gasteiger partial charge in [-0.15, -0.1) is 11.3 Å². The fraction of sp³-hybridized carbons (Fsp3) is 0.0714. The SMILES string of the molecule is FC(F)(F)c1ccc(Nc2nc(-c3cccnc3)cs2)cn1. The van der Waals surface area contributed by atoms with Crippen molar-refractivity contribution in [3.05, 3.63) is 53.9 Å². The minimum atomic E-state index is -4.44. The number of rotatable bonds is 3. The van der Waals surface area contributed by atoms with Crippen LogP contribution in [-0.2, 0) is 6.18 Å². The highest BCUT2D eigenvalue weighted by Gasteiger charge is 2.32. The summed E-state index contributed by atoms with van der Waals surface area (Å²) >= 11 is 1.35. The van der Waals surface area contributed by atoms with Gasteiger partial charge < -0.3 is 5.32 Å². The third kappa shape index (κ3) is 3.22. The lowest BCUT2D eigenvalue weighted by molar-refractivity contribution is -0.141. The van der Waals surface area contributed by atoms with E-state index in [2.05, 4.69) is 20.3 Å². The van der Waals surface area contributed by atoms with E-state index in [1.165, 1.54) is 17.4 Å². The molecule has 0 aliphatic rings. The molecule has 0 fully saturated rings. The number of hydrogen-bond donors (Lipinski definition) is 1. The van der Waals surface area contributed by atoms with Gasteiger partial charge in [0.25, 0.3) is 0 Å². The smallest absolute Gasteiger partial charge is 0.330 e. The first-order valence-electron chi connectivity index (χ1n) is 6.18. The minimum Gasteiger partial charge on any atom is -0.330 e. The van der Waals surface area contributed by atoms with E-state index >= 15 is 0 Å². The van der Waals surface area contributed by atoms with Gasteiger partial charge in [0.1, 0.15) is 5.69 Å². The highest BCUT2D eigenvalue weighted by atomic mass is 32.1. The van der Waals surface area contributed by atoms with Crippen LogP contribution in [0.5, 0.6) is 0 Å². The molecule has 0 spiro atoms. The summed E-state index contributed by atoms with van der Waals surface area (Å²) in [4.78, 5) is 11.8. The molecule has 8 heteroatoms. The molecule has 0 saturated heterocycles. The molecule has 4 nitrogen and oxygen atoms in total. The number of hydrogen-bond acceptors (Lipinski definition) is 5. The Labute approximate surface area is 127 Å². The molecule has 0 aliphatic heterocycles. The molecule has 0 aliphatic carbocycles. The molecule has 1 N–H and O–H groups in total. The van der Waals surface area contributed by atoms with E-state index in [1.54, 1.807) is 12.4 Å². The van der Waals surface area contributed by atoms with E-state index in [1.807, 2.05) is 17.5 Å². The Hall–Kier alpha value is -2.48. The fourth-order valence-electron chi connectivity index (χ4n) is 1.74. The van der Waals surface area contributed by atoms with Crippen LogP contribution in [0.25, 0.3) is 11.3 Å². The van der Waals surface area contributed by atoms with Gasteiger partial charge in [-0.25, -0.2) is 9.97 Å². The van der Waals surface area contributed by atoms with Gasteiger partial charge in [0.05, 0.1) is 17.6 Å². The summed E-state index contributed by atoms with van der Waals surface area (Å²) in [5, 5.41) is 5.34. The molecule has 3 aromatic heterocycles. The van der Waals surface area contributed by atoms with Crippen LogP contribution < -0.4 is 5.32 Å². The van der Waals surface area contributed by atoms with Crippen molar-refractivity contribution in [3.63, 3.8) is 0 Å². The van der Waals surface area contributed by atoms with E-state index < -0.39 is 11.9 Å². The lowest BCUT2D eigenvalue weighted by Crippen LogP contribution is -2.07. The Bertz CT molecular complexity index is 754. The second kappa shape index (κ2) is 5.72. The molecule has 0 unspecified atom stereocenters. The Kier molecular flexibility index (Phi) is 3.76. The Morgan fingerprint density at radius 3 is 2.59 bits per heavy atom. The summed E-state index contributed by atoms with van der Waals surface area (Å²) in [5.41, 5.74) is 1.14. The average Bonchev–Trinajstić information content (AvgIpc) is 2.96. The summed E-state index contributed by atoms with van der Waals surface area (Å²) in [5.74, 6) is 0. The van der Waals surface area contributed by atoms with Crippen LogP contribution in [0, 0.1) is 0 Å². The number of pyridine rings is 2. The molecule has 3 rings (SSSR count). The Balaban J connectivity index is 1.76. The van der Waals surface area contributed by atoms with Crippen LogP contribution in [0.4, 0.5) is 24.0 Å². The molecular weight excluding hydrogens is 313 g/mol. The van der Waals surface area contributed by atoms with Crippen molar-refractivity contribution < 1.29 is 13.2 Å². The quantitative estimate of drug-likeness (QED) is 0.778. The van der Waals surface area contributed by atoms with Crippen LogP contribution in [0.15, 0.2) is 48.2 Å². The van der Waals surface area contributed by atoms with E-state index in [4.69, 9.17) is 0 Å². The molecule has 0 saturated carbocycles. The van der Waals surface area contributed by atoms with Crippen LogP contribution in [0.1, 0.15) is 5.69 Å². The Morgan fingerprint density at radius 1 is 1.09 bits per heavy atom. The lowest BCUT2D eigenvalue weighted by atomic mass is 10.2. The number of anilines is 2. The molecule has 0 atom stereocenters. The van der Waals surface area contributed by atoms with Gasteiger partial charge in [-0.2, -0.15) is 13.2 Å². The van der Waals surface area contributed by atoms with E-state index in [0.717, 1.165) is 23.5 Å². The number of aromatic nitrogens is 3. The van der Waals surface area contributed by atoms with Gasteiger partial charge in [-0.05, 0) is 24.3 Å². The lowest BCUT2D eigenvalue weighted by Gasteiger charge is -2.06. The second-order valence-electron chi connectivity index (χ2n) is 4.33. The highest BCUT2D eigenvalue weighted by molar-refractivity contribution is 7.14. The number of thiazole rings is 1. The van der Waals surface area contributed by atoms with Crippen LogP contribution in [0.3, 0.4) is 0 Å². The zero-order valence-corrected chi connectivity index (χ0v) is 11.8. The fourth-order valence-corrected chi connectivity index (χ4v) is 2.48. The molecule has 0 aromatic carbocycles. The molecule has 0 bridgehead atoms. The number of halogens is 3. The summed E-state index contributed by atoms with van der Waals surface area (Å²) in [7, 11) is 0. The maximum absolute atomic E-state index is 12.4. The average molecular weight is 322 g/mol. The van der Waals surface area contributed by atoms with Crippen molar-refractivity contribution in [2.24, 2.45) is 0 Å². The summed E-state index contributed by atoms with van der Waals surface area (Å²) < 4.78 is 37.3. The van der Waals surface area contributed by atoms with Crippen molar-refractivity contribution in [1.29, 1.82) is 0 Å². The predicted molar refractivity (Wildman–Crippen MR) is 77.9 cm³/mol. The molecule has 3 aromatic rings. The van der Waals surface area contributed by atoms with Gasteiger partial charge in [0.15, 0.2) is 5.13 Å². The molecule has 0 amide bonds. The summed E-state index contributed by atoms with van der Waals surface area (Å²) in [6, 6.07) is 5.94. The standard InChI is InChI=1S/C14H9F3N4S/c15-14(16,17)12-4-3-10(7-19-12)20-13-21-11(8-22-13)9-2-1-5-18-6-9/h1-8H,(H,20,21). The maximum atomic E-state index is 12.4. The van der Waals surface area contributed by atoms with Gasteiger partial charge in [-0.1, -0.05) is 0 Å². The van der Waals surface area contributed by atoms with Gasteiger partial charge in [0, 0.05) is 23.3 Å². The molecule has 112 valence electrons. The second-order valence-corrected chi connectivity index (χ2v) is 5.19. The van der Waals surface area contributed by atoms with Gasteiger partial charge >= 0.3 is 6.18 Å². The topological polar surface area (TPSA) is 50.7 Å². The third-order valence-corrected chi connectivity index (χ3v) is 3.52. The summed E-state index contributed by atoms with van der Waals surface area (Å²) in [6.07, 6.45) is 0.0581. The van der Waals surface area contributed by atoms with Crippen LogP contribution in [-0.4, -0.2) is 15.0 Å². The highest BCUT2D eigenvalue weighted by Crippen LogP contribution is 2.29. The first-order chi connectivity index (χ1) is 10.5. The van der Waals surface area contributed by atoms with Crippen LogP contribution >= 0.6 is 11.3 Å². The normalized spacial score (nSPS) is 11.4. The summed E-state index contributed by atoms with van der Waals surface area (Å²) in [6.45, 7) is 0. The van der Waals surface area contributed by atoms with Crippen molar-refractivity contribution >= 4 is 22.2 Å². The van der Waals surface area contributed by atoms with Crippen molar-refractivity contribution in [1.82, 2.24) is 15.0 Å². The zero-order valence-electron chi connectivity index (χ0n) is 11.0. The Morgan fingerprint density at radius 2 is 1.95 bits per heavy atom. The monoisotopic (exact) mass is 322 g/mol. The van der Waals surface area contributed by atoms with Gasteiger partial charge in [-0.3, -0.25) is 4.98 Å². The number of nitrogens with one attached hydrogen (secondary N) is 1. The predicted octanol–water partition coefficient (Wildman–Crippen LogP) is 4.36. The largest absolute Gasteiger partial charge is 0.433 e. The molecule has 3 heterocycles. The minimum absolute atomic E-state index is 0.445. The number of alkyl halides is 3. The van der Waals surface area contributed by atoms with E-state index in [-0.39, 0.29) is 0 Å². The zero-order chi connectivity index (χ0) is 15.6. The van der Waals surface area contributed by atoms with Crippen molar-refractivity contribution in [3.8, 4) is 11.3 Å². The number of nitrogens with zero attached hydrogens (tertiary/aromatic N) is 3. The molecule has 22 heavy (non-hydrogen) atoms. The van der Waals surface area contributed by atoms with Crippen molar-refractivity contribution in [2.45, 2.75) is 6.18 Å². The first-order valence-corrected chi connectivity index (χ1v) is 7.06. The first kappa shape index (κ1) is 14.5.